The van der Waals surface area contributed by atoms with Gasteiger partial charge in [-0.2, -0.15) is 0 Å². The van der Waals surface area contributed by atoms with Gasteiger partial charge >= 0.3 is 5.97 Å². The maximum atomic E-state index is 12.3. The molecule has 0 saturated heterocycles. The van der Waals surface area contributed by atoms with Crippen LogP contribution in [0.1, 0.15) is 39.0 Å². The molecule has 2 fully saturated rings. The van der Waals surface area contributed by atoms with E-state index in [1.807, 2.05) is 0 Å². The summed E-state index contributed by atoms with van der Waals surface area (Å²) in [4.78, 5) is 24.7. The Kier molecular flexibility index (Phi) is 3.69. The van der Waals surface area contributed by atoms with Crippen molar-refractivity contribution >= 4 is 11.9 Å². The Hall–Kier alpha value is -1.06. The van der Waals surface area contributed by atoms with Crippen LogP contribution < -0.4 is 0 Å². The number of carboxylic acids is 1. The van der Waals surface area contributed by atoms with Gasteiger partial charge in [0, 0.05) is 12.5 Å². The number of amides is 1. The van der Waals surface area contributed by atoms with E-state index in [0.717, 1.165) is 32.1 Å². The fourth-order valence-electron chi connectivity index (χ4n) is 2.75. The van der Waals surface area contributed by atoms with Gasteiger partial charge in [0.2, 0.25) is 5.91 Å². The van der Waals surface area contributed by atoms with Crippen molar-refractivity contribution in [3.63, 3.8) is 0 Å². The van der Waals surface area contributed by atoms with Crippen LogP contribution in [-0.4, -0.2) is 35.0 Å². The third-order valence-electron chi connectivity index (χ3n) is 3.99. The van der Waals surface area contributed by atoms with E-state index in [0.29, 0.717) is 18.4 Å². The molecule has 0 spiro atoms. The minimum atomic E-state index is -0.898. The standard InChI is InChI=1S/C13H21NO3/c1-9-3-2-4-11(9)13(17)14(8-12(15)16)7-10-5-6-10/h9-11H,2-8H2,1H3,(H,15,16). The van der Waals surface area contributed by atoms with E-state index in [2.05, 4.69) is 6.92 Å². The van der Waals surface area contributed by atoms with E-state index in [1.165, 1.54) is 0 Å². The molecule has 17 heavy (non-hydrogen) atoms. The van der Waals surface area contributed by atoms with Gasteiger partial charge in [-0.3, -0.25) is 9.59 Å². The van der Waals surface area contributed by atoms with Gasteiger partial charge in [-0.15, -0.1) is 0 Å². The van der Waals surface area contributed by atoms with Crippen LogP contribution >= 0.6 is 0 Å². The maximum absolute atomic E-state index is 12.3. The highest BCUT2D eigenvalue weighted by Crippen LogP contribution is 2.34. The van der Waals surface area contributed by atoms with Gasteiger partial charge in [0.25, 0.3) is 0 Å². The topological polar surface area (TPSA) is 57.6 Å². The maximum Gasteiger partial charge on any atom is 0.323 e. The highest BCUT2D eigenvalue weighted by atomic mass is 16.4. The number of rotatable bonds is 5. The second kappa shape index (κ2) is 5.07. The number of nitrogens with zero attached hydrogens (tertiary/aromatic N) is 1. The monoisotopic (exact) mass is 239 g/mol. The second-order valence-electron chi connectivity index (χ2n) is 5.57. The van der Waals surface area contributed by atoms with Gasteiger partial charge in [-0.1, -0.05) is 13.3 Å². The van der Waals surface area contributed by atoms with E-state index in [1.54, 1.807) is 4.90 Å². The normalized spacial score (nSPS) is 28.1. The highest BCUT2D eigenvalue weighted by Gasteiger charge is 2.35. The van der Waals surface area contributed by atoms with Crippen LogP contribution in [0.2, 0.25) is 0 Å². The third-order valence-corrected chi connectivity index (χ3v) is 3.99. The molecule has 0 aromatic rings. The second-order valence-corrected chi connectivity index (χ2v) is 5.57. The molecule has 0 aromatic carbocycles. The summed E-state index contributed by atoms with van der Waals surface area (Å²) in [6, 6.07) is 0. The quantitative estimate of drug-likeness (QED) is 0.795. The number of hydrogen-bond acceptors (Lipinski definition) is 2. The Bertz CT molecular complexity index is 312. The molecule has 1 N–H and O–H groups in total. The van der Waals surface area contributed by atoms with Crippen molar-refractivity contribution in [2.75, 3.05) is 13.1 Å². The van der Waals surface area contributed by atoms with Gasteiger partial charge < -0.3 is 10.0 Å². The Morgan fingerprint density at radius 1 is 1.24 bits per heavy atom. The molecular weight excluding hydrogens is 218 g/mol. The van der Waals surface area contributed by atoms with Crippen LogP contribution in [0.3, 0.4) is 0 Å². The molecule has 2 saturated carbocycles. The summed E-state index contributed by atoms with van der Waals surface area (Å²) < 4.78 is 0. The fourth-order valence-corrected chi connectivity index (χ4v) is 2.75. The van der Waals surface area contributed by atoms with Crippen LogP contribution in [0.15, 0.2) is 0 Å². The molecule has 4 nitrogen and oxygen atoms in total. The first kappa shape index (κ1) is 12.4. The molecule has 0 aliphatic heterocycles. The van der Waals surface area contributed by atoms with E-state index < -0.39 is 5.97 Å². The zero-order chi connectivity index (χ0) is 12.4. The van der Waals surface area contributed by atoms with Crippen molar-refractivity contribution in [1.29, 1.82) is 0 Å². The Morgan fingerprint density at radius 2 is 1.94 bits per heavy atom. The molecule has 0 bridgehead atoms. The van der Waals surface area contributed by atoms with Gasteiger partial charge in [-0.25, -0.2) is 0 Å². The fraction of sp³-hybridized carbons (Fsp3) is 0.846. The molecule has 0 aromatic heterocycles. The van der Waals surface area contributed by atoms with Crippen molar-refractivity contribution < 1.29 is 14.7 Å². The molecule has 2 aliphatic rings. The average Bonchev–Trinajstić information content (AvgIpc) is 2.97. The van der Waals surface area contributed by atoms with Gasteiger partial charge in [0.05, 0.1) is 0 Å². The lowest BCUT2D eigenvalue weighted by Gasteiger charge is -2.26. The minimum absolute atomic E-state index is 0.0631. The predicted molar refractivity (Wildman–Crippen MR) is 63.4 cm³/mol. The number of hydrogen-bond donors (Lipinski definition) is 1. The lowest BCUT2D eigenvalue weighted by molar-refractivity contribution is -0.147. The number of aliphatic carboxylic acids is 1. The summed E-state index contributed by atoms with van der Waals surface area (Å²) >= 11 is 0. The molecule has 1 amide bonds. The molecule has 0 radical (unpaired) electrons. The molecule has 2 aliphatic carbocycles. The van der Waals surface area contributed by atoms with Crippen molar-refractivity contribution in [1.82, 2.24) is 4.90 Å². The van der Waals surface area contributed by atoms with E-state index in [4.69, 9.17) is 5.11 Å². The first-order valence-electron chi connectivity index (χ1n) is 6.58. The number of carbonyl (C=O) groups is 2. The van der Waals surface area contributed by atoms with Crippen LogP contribution in [0.25, 0.3) is 0 Å². The summed E-state index contributed by atoms with van der Waals surface area (Å²) in [5.41, 5.74) is 0. The summed E-state index contributed by atoms with van der Waals surface area (Å²) in [6.07, 6.45) is 5.41. The highest BCUT2D eigenvalue weighted by molar-refractivity contribution is 5.83. The lowest BCUT2D eigenvalue weighted by atomic mass is 9.96. The van der Waals surface area contributed by atoms with Crippen molar-refractivity contribution in [2.24, 2.45) is 17.8 Å². The summed E-state index contributed by atoms with van der Waals surface area (Å²) in [6.45, 7) is 2.62. The smallest absolute Gasteiger partial charge is 0.323 e. The molecule has 2 rings (SSSR count). The van der Waals surface area contributed by atoms with E-state index in [-0.39, 0.29) is 18.4 Å². The van der Waals surface area contributed by atoms with Gasteiger partial charge in [0.1, 0.15) is 6.54 Å². The third kappa shape index (κ3) is 3.20. The SMILES string of the molecule is CC1CCCC1C(=O)N(CC(=O)O)CC1CC1. The van der Waals surface area contributed by atoms with E-state index >= 15 is 0 Å². The summed E-state index contributed by atoms with van der Waals surface area (Å²) in [5, 5.41) is 8.88. The Balaban J connectivity index is 1.97. The van der Waals surface area contributed by atoms with Crippen molar-refractivity contribution in [3.05, 3.63) is 0 Å². The average molecular weight is 239 g/mol. The van der Waals surface area contributed by atoms with Crippen molar-refractivity contribution in [3.8, 4) is 0 Å². The molecule has 2 unspecified atom stereocenters. The molecule has 2 atom stereocenters. The van der Waals surface area contributed by atoms with E-state index in [9.17, 15) is 9.59 Å². The first-order chi connectivity index (χ1) is 8.08. The zero-order valence-electron chi connectivity index (χ0n) is 10.4. The predicted octanol–water partition coefficient (Wildman–Crippen LogP) is 1.75. The van der Waals surface area contributed by atoms with Gasteiger partial charge in [0.15, 0.2) is 0 Å². The van der Waals surface area contributed by atoms with Crippen LogP contribution in [0.4, 0.5) is 0 Å². The lowest BCUT2D eigenvalue weighted by Crippen LogP contribution is -2.41. The van der Waals surface area contributed by atoms with Crippen LogP contribution in [0, 0.1) is 17.8 Å². The molecule has 4 heteroatoms. The largest absolute Gasteiger partial charge is 0.480 e. The minimum Gasteiger partial charge on any atom is -0.480 e. The number of carboxylic acid groups (broad SMARTS) is 1. The Morgan fingerprint density at radius 3 is 2.41 bits per heavy atom. The number of carbonyl (C=O) groups excluding carboxylic acids is 1. The molecular formula is C13H21NO3. The molecule has 0 heterocycles. The van der Waals surface area contributed by atoms with Crippen molar-refractivity contribution in [2.45, 2.75) is 39.0 Å². The zero-order valence-corrected chi connectivity index (χ0v) is 10.4. The Labute approximate surface area is 102 Å². The van der Waals surface area contributed by atoms with Gasteiger partial charge in [-0.05, 0) is 37.5 Å². The van der Waals surface area contributed by atoms with Crippen LogP contribution in [-0.2, 0) is 9.59 Å². The first-order valence-corrected chi connectivity index (χ1v) is 6.58. The van der Waals surface area contributed by atoms with Crippen LogP contribution in [0.5, 0.6) is 0 Å². The molecule has 96 valence electrons. The summed E-state index contributed by atoms with van der Waals surface area (Å²) in [5.74, 6) is 0.204. The summed E-state index contributed by atoms with van der Waals surface area (Å²) in [7, 11) is 0.